The molecule has 0 unspecified atom stereocenters. The summed E-state index contributed by atoms with van der Waals surface area (Å²) in [5.74, 6) is -2.70. The van der Waals surface area contributed by atoms with Crippen LogP contribution in [0, 0.1) is 23.4 Å². The molecule has 0 amide bonds. The average molecular weight is 518 g/mol. The second-order valence-corrected chi connectivity index (χ2v) is 9.92. The van der Waals surface area contributed by atoms with Crippen molar-refractivity contribution in [2.24, 2.45) is 11.7 Å². The van der Waals surface area contributed by atoms with Crippen LogP contribution in [-0.2, 0) is 6.42 Å². The van der Waals surface area contributed by atoms with E-state index in [-0.39, 0.29) is 29.6 Å². The van der Waals surface area contributed by atoms with Gasteiger partial charge in [0.25, 0.3) is 0 Å². The molecule has 1 fully saturated rings. The van der Waals surface area contributed by atoms with Crippen molar-refractivity contribution < 1.29 is 18.0 Å². The average Bonchev–Trinajstić information content (AvgIpc) is 2.89. The van der Waals surface area contributed by atoms with Crippen LogP contribution < -0.4 is 5.73 Å². The van der Waals surface area contributed by atoms with Crippen LogP contribution in [0.4, 0.5) is 13.2 Å². The number of carbonyl (C=O) groups is 1. The van der Waals surface area contributed by atoms with E-state index in [9.17, 15) is 9.18 Å². The minimum absolute atomic E-state index is 0.0275. The fourth-order valence-corrected chi connectivity index (χ4v) is 5.36. The lowest BCUT2D eigenvalue weighted by atomic mass is 9.75. The third kappa shape index (κ3) is 5.33. The maximum Gasteiger partial charge on any atom is 0.185 e. The van der Waals surface area contributed by atoms with Crippen LogP contribution in [0.5, 0.6) is 0 Å². The molecule has 1 aliphatic carbocycles. The van der Waals surface area contributed by atoms with Gasteiger partial charge >= 0.3 is 0 Å². The molecular weight excluding hydrogens is 491 g/mol. The van der Waals surface area contributed by atoms with Crippen LogP contribution in [0.25, 0.3) is 22.4 Å². The smallest absolute Gasteiger partial charge is 0.185 e. The molecule has 6 nitrogen and oxygen atoms in total. The SMILES string of the molecule is C[C@@H]1C[C@H](N)C[C@H](c2ccncc2CC(=O)c2ccc(F)c(-c3c(F)cc(-c4ccnnc4)cc3F)n2)C1. The first kappa shape index (κ1) is 25.7. The minimum atomic E-state index is -1.01. The summed E-state index contributed by atoms with van der Waals surface area (Å²) in [6.45, 7) is 2.17. The number of pyridine rings is 2. The fraction of sp³-hybridized carbons (Fsp3) is 0.276. The third-order valence-corrected chi connectivity index (χ3v) is 7.04. The first-order valence-electron chi connectivity index (χ1n) is 12.4. The Bertz CT molecular complexity index is 1450. The second-order valence-electron chi connectivity index (χ2n) is 9.92. The van der Waals surface area contributed by atoms with Crippen LogP contribution in [0.1, 0.15) is 53.7 Å². The van der Waals surface area contributed by atoms with Gasteiger partial charge in [-0.1, -0.05) is 6.92 Å². The van der Waals surface area contributed by atoms with E-state index < -0.39 is 34.5 Å². The molecule has 1 aromatic carbocycles. The van der Waals surface area contributed by atoms with Gasteiger partial charge in [0.1, 0.15) is 28.8 Å². The first-order chi connectivity index (χ1) is 18.3. The van der Waals surface area contributed by atoms with Crippen LogP contribution >= 0.6 is 0 Å². The zero-order chi connectivity index (χ0) is 26.8. The van der Waals surface area contributed by atoms with E-state index in [2.05, 4.69) is 27.1 Å². The Labute approximate surface area is 218 Å². The molecule has 5 rings (SSSR count). The van der Waals surface area contributed by atoms with Crippen molar-refractivity contribution in [1.82, 2.24) is 20.2 Å². The van der Waals surface area contributed by atoms with Gasteiger partial charge in [0.2, 0.25) is 0 Å². The van der Waals surface area contributed by atoms with E-state index in [1.807, 2.05) is 6.07 Å². The lowest BCUT2D eigenvalue weighted by Gasteiger charge is -2.32. The molecule has 194 valence electrons. The highest BCUT2D eigenvalue weighted by molar-refractivity contribution is 5.96. The summed E-state index contributed by atoms with van der Waals surface area (Å²) in [6, 6.07) is 7.92. The van der Waals surface area contributed by atoms with Crippen LogP contribution in [-0.4, -0.2) is 32.0 Å². The molecule has 0 aliphatic heterocycles. The predicted molar refractivity (Wildman–Crippen MR) is 137 cm³/mol. The van der Waals surface area contributed by atoms with E-state index in [4.69, 9.17) is 5.73 Å². The molecule has 2 N–H and O–H groups in total. The summed E-state index contributed by atoms with van der Waals surface area (Å²) in [7, 11) is 0. The third-order valence-electron chi connectivity index (χ3n) is 7.04. The standard InChI is InChI=1S/C29H26F3N5O/c1-16-8-19(10-21(33)9-16)22-5-6-34-14-20(22)13-27(38)26-3-2-23(30)29(37-26)28-24(31)11-18(12-25(28)32)17-4-7-35-36-15-17/h2-7,11-12,14-16,19,21H,8-10,13,33H2,1H3/t16-,19+,21-/m0/s1. The number of nitrogens with zero attached hydrogens (tertiary/aromatic N) is 4. The summed E-state index contributed by atoms with van der Waals surface area (Å²) in [4.78, 5) is 21.5. The number of ketones is 1. The lowest BCUT2D eigenvalue weighted by Crippen LogP contribution is -2.31. The van der Waals surface area contributed by atoms with Crippen molar-refractivity contribution in [3.8, 4) is 22.4 Å². The number of nitrogens with two attached hydrogens (primary N) is 1. The number of aromatic nitrogens is 4. The number of Topliss-reactive ketones (excluding diaryl/α,β-unsaturated/α-hetero) is 1. The minimum Gasteiger partial charge on any atom is -0.328 e. The van der Waals surface area contributed by atoms with Gasteiger partial charge in [-0.2, -0.15) is 10.2 Å². The fourth-order valence-electron chi connectivity index (χ4n) is 5.36. The number of hydrogen-bond donors (Lipinski definition) is 1. The van der Waals surface area contributed by atoms with Gasteiger partial charge in [0, 0.05) is 30.4 Å². The molecule has 9 heteroatoms. The zero-order valence-electron chi connectivity index (χ0n) is 20.7. The van der Waals surface area contributed by atoms with Crippen molar-refractivity contribution in [2.75, 3.05) is 0 Å². The maximum atomic E-state index is 15.1. The molecule has 3 heterocycles. The Morgan fingerprint density at radius 2 is 1.71 bits per heavy atom. The molecular formula is C29H26F3N5O. The van der Waals surface area contributed by atoms with Gasteiger partial charge in [-0.3, -0.25) is 9.78 Å². The molecule has 3 aromatic heterocycles. The van der Waals surface area contributed by atoms with Gasteiger partial charge in [-0.15, -0.1) is 0 Å². The summed E-state index contributed by atoms with van der Waals surface area (Å²) >= 11 is 0. The maximum absolute atomic E-state index is 15.1. The van der Waals surface area contributed by atoms with Gasteiger partial charge < -0.3 is 5.73 Å². The molecule has 0 bridgehead atoms. The number of carbonyl (C=O) groups excluding carboxylic acids is 1. The van der Waals surface area contributed by atoms with Crippen molar-refractivity contribution in [3.05, 3.63) is 95.5 Å². The Hall–Kier alpha value is -3.98. The molecule has 3 atom stereocenters. The quantitative estimate of drug-likeness (QED) is 0.331. The molecule has 4 aromatic rings. The van der Waals surface area contributed by atoms with E-state index in [0.29, 0.717) is 11.5 Å². The van der Waals surface area contributed by atoms with Crippen LogP contribution in [0.3, 0.4) is 0 Å². The summed E-state index contributed by atoms with van der Waals surface area (Å²) in [6.07, 6.45) is 8.81. The zero-order valence-corrected chi connectivity index (χ0v) is 20.7. The van der Waals surface area contributed by atoms with Crippen molar-refractivity contribution >= 4 is 5.78 Å². The van der Waals surface area contributed by atoms with E-state index in [1.165, 1.54) is 18.5 Å². The Morgan fingerprint density at radius 1 is 0.921 bits per heavy atom. The van der Waals surface area contributed by atoms with E-state index >= 15 is 8.78 Å². The molecule has 0 saturated heterocycles. The Morgan fingerprint density at radius 3 is 2.42 bits per heavy atom. The van der Waals surface area contributed by atoms with E-state index in [1.54, 1.807) is 18.5 Å². The Kier molecular flexibility index (Phi) is 7.28. The highest BCUT2D eigenvalue weighted by atomic mass is 19.1. The van der Waals surface area contributed by atoms with Crippen LogP contribution in [0.2, 0.25) is 0 Å². The number of benzene rings is 1. The largest absolute Gasteiger partial charge is 0.328 e. The highest BCUT2D eigenvalue weighted by Crippen LogP contribution is 2.37. The summed E-state index contributed by atoms with van der Waals surface area (Å²) < 4.78 is 44.9. The lowest BCUT2D eigenvalue weighted by molar-refractivity contribution is 0.0987. The Balaban J connectivity index is 1.45. The van der Waals surface area contributed by atoms with Gasteiger partial charge in [0.05, 0.1) is 18.0 Å². The van der Waals surface area contributed by atoms with Crippen molar-refractivity contribution in [1.29, 1.82) is 0 Å². The molecule has 0 radical (unpaired) electrons. The predicted octanol–water partition coefficient (Wildman–Crippen LogP) is 5.67. The van der Waals surface area contributed by atoms with Gasteiger partial charge in [0.15, 0.2) is 5.78 Å². The van der Waals surface area contributed by atoms with Crippen LogP contribution in [0.15, 0.2) is 61.2 Å². The van der Waals surface area contributed by atoms with Gasteiger partial charge in [-0.05, 0) is 84.2 Å². The second kappa shape index (κ2) is 10.8. The van der Waals surface area contributed by atoms with Crippen molar-refractivity contribution in [2.45, 2.75) is 44.6 Å². The molecule has 1 aliphatic rings. The molecule has 1 saturated carbocycles. The normalized spacial score (nSPS) is 19.3. The topological polar surface area (TPSA) is 94.7 Å². The highest BCUT2D eigenvalue weighted by Gasteiger charge is 2.28. The van der Waals surface area contributed by atoms with E-state index in [0.717, 1.165) is 48.6 Å². The van der Waals surface area contributed by atoms with Gasteiger partial charge in [-0.25, -0.2) is 18.2 Å². The summed E-state index contributed by atoms with van der Waals surface area (Å²) in [5.41, 5.74) is 7.36. The monoisotopic (exact) mass is 517 g/mol. The van der Waals surface area contributed by atoms with Crippen molar-refractivity contribution in [3.63, 3.8) is 0 Å². The molecule has 0 spiro atoms. The number of hydrogen-bond acceptors (Lipinski definition) is 6. The summed E-state index contributed by atoms with van der Waals surface area (Å²) in [5, 5.41) is 7.36. The molecule has 38 heavy (non-hydrogen) atoms. The first-order valence-corrected chi connectivity index (χ1v) is 12.4. The number of rotatable bonds is 6. The number of halogens is 3.